The van der Waals surface area contributed by atoms with E-state index in [1.807, 2.05) is 53.9 Å². The van der Waals surface area contributed by atoms with Crippen molar-refractivity contribution >= 4 is 80.5 Å². The van der Waals surface area contributed by atoms with E-state index in [2.05, 4.69) is 204 Å². The van der Waals surface area contributed by atoms with Crippen molar-refractivity contribution in [1.82, 2.24) is 0 Å². The second kappa shape index (κ2) is 26.5. The zero-order valence-corrected chi connectivity index (χ0v) is 36.9. The van der Waals surface area contributed by atoms with E-state index in [0.717, 1.165) is 22.2 Å². The average Bonchev–Trinajstić information content (AvgIpc) is 4.04. The normalized spacial score (nSPS) is 10.3. The molecule has 8 aromatic rings. The summed E-state index contributed by atoms with van der Waals surface area (Å²) >= 11 is 4.98. The molecule has 56 heavy (non-hydrogen) atoms. The molecule has 0 aliphatic heterocycles. The molecule has 0 bridgehead atoms. The molecule has 5 heteroatoms. The van der Waals surface area contributed by atoms with Gasteiger partial charge in [0.05, 0.1) is 0 Å². The van der Waals surface area contributed by atoms with E-state index < -0.39 is 15.8 Å². The number of hydrogen-bond acceptors (Lipinski definition) is 1. The molecule has 0 unspecified atom stereocenters. The minimum Gasteiger partial charge on any atom is -0.366 e. The van der Waals surface area contributed by atoms with Gasteiger partial charge in [0.2, 0.25) is 0 Å². The van der Waals surface area contributed by atoms with E-state index in [4.69, 9.17) is 6.42 Å². The Hall–Kier alpha value is -4.37. The molecular formula is C51H43BrP2RuS. The molecule has 0 saturated heterocycles. The van der Waals surface area contributed by atoms with Gasteiger partial charge in [-0.2, -0.15) is 29.5 Å². The third-order valence-corrected chi connectivity index (χ3v) is 14.3. The van der Waals surface area contributed by atoms with Crippen molar-refractivity contribution < 1.29 is 19.5 Å². The number of benzene rings is 6. The number of allylic oxidation sites excluding steroid dienone is 2. The predicted molar refractivity (Wildman–Crippen MR) is 250 cm³/mol. The molecule has 0 aliphatic rings. The SMILES string of the molecule is [C-]#C/C(=C\CCBr)c1cccs1.[Ru+2].c1cc[cH-]c1.c1ccc(P(c2ccccc2)c2ccccc2)cc1.c1ccc(P(c2ccccc2)c2ccccc2)cc1. The fraction of sp³-hybridized carbons (Fsp3) is 0.0392. The first kappa shape index (κ1) is 44.3. The summed E-state index contributed by atoms with van der Waals surface area (Å²) in [6.07, 6.45) is 10.1. The van der Waals surface area contributed by atoms with Gasteiger partial charge in [-0.3, -0.25) is 5.92 Å². The zero-order valence-electron chi connectivity index (χ0n) is 31.0. The number of thiophene rings is 1. The van der Waals surface area contributed by atoms with Gasteiger partial charge in [0.25, 0.3) is 0 Å². The molecular weight excluding hydrogens is 888 g/mol. The number of halogens is 1. The molecule has 1 aromatic heterocycles. The molecule has 0 saturated carbocycles. The molecule has 0 aliphatic carbocycles. The Morgan fingerprint density at radius 3 is 1.04 bits per heavy atom. The second-order valence-electron chi connectivity index (χ2n) is 11.8. The van der Waals surface area contributed by atoms with Crippen molar-refractivity contribution in [1.29, 1.82) is 0 Å². The summed E-state index contributed by atoms with van der Waals surface area (Å²) < 4.78 is 0. The predicted octanol–water partition coefficient (Wildman–Crippen LogP) is 11.8. The third-order valence-electron chi connectivity index (χ3n) is 8.02. The van der Waals surface area contributed by atoms with Crippen LogP contribution in [0.5, 0.6) is 0 Å². The van der Waals surface area contributed by atoms with E-state index >= 15 is 0 Å². The summed E-state index contributed by atoms with van der Waals surface area (Å²) in [6.45, 7) is 0. The molecule has 0 atom stereocenters. The van der Waals surface area contributed by atoms with Crippen molar-refractivity contribution in [2.24, 2.45) is 0 Å². The van der Waals surface area contributed by atoms with Gasteiger partial charge in [-0.1, -0.05) is 210 Å². The van der Waals surface area contributed by atoms with Crippen LogP contribution in [0.25, 0.3) is 5.57 Å². The molecule has 0 radical (unpaired) electrons. The molecule has 278 valence electrons. The molecule has 8 rings (SSSR count). The van der Waals surface area contributed by atoms with Crippen molar-refractivity contribution in [3.8, 4) is 5.92 Å². The van der Waals surface area contributed by atoms with Gasteiger partial charge in [0.15, 0.2) is 0 Å². The standard InChI is InChI=1S/2C18H15P.C10H8BrS.C5H5.Ru/c2*1-4-10-16(11-5-1)19(17-12-6-2-7-13-17)18-14-8-3-9-15-18;1-2-9(5-3-7-11)10-6-4-8-12-10;1-2-4-5-3-1;/h2*1-15H;4-6,8H,3,7H2;1-5H;/q;;2*-1;+2/b;;9-5+;;. The Bertz CT molecular complexity index is 1880. The maximum absolute atomic E-state index is 7.09. The summed E-state index contributed by atoms with van der Waals surface area (Å²) in [7, 11) is -0.892. The van der Waals surface area contributed by atoms with E-state index in [9.17, 15) is 0 Å². The van der Waals surface area contributed by atoms with Gasteiger partial charge in [0, 0.05) is 5.33 Å². The second-order valence-corrected chi connectivity index (χ2v) is 18.0. The van der Waals surface area contributed by atoms with Crippen LogP contribution in [-0.2, 0) is 19.5 Å². The Morgan fingerprint density at radius 2 is 0.821 bits per heavy atom. The van der Waals surface area contributed by atoms with Crippen LogP contribution in [0.15, 0.2) is 236 Å². The Balaban J connectivity index is 0.000000178. The molecule has 7 aromatic carbocycles. The van der Waals surface area contributed by atoms with Gasteiger partial charge in [-0.05, 0) is 64.3 Å². The molecule has 0 amide bonds. The first-order chi connectivity index (χ1) is 27.3. The smallest absolute Gasteiger partial charge is 0.366 e. The van der Waals surface area contributed by atoms with Crippen LogP contribution in [0.4, 0.5) is 0 Å². The minimum atomic E-state index is -0.446. The van der Waals surface area contributed by atoms with Gasteiger partial charge in [-0.15, -0.1) is 11.6 Å². The summed E-state index contributed by atoms with van der Waals surface area (Å²) in [4.78, 5) is 1.12. The van der Waals surface area contributed by atoms with Crippen molar-refractivity contribution in [2.45, 2.75) is 6.42 Å². The molecule has 0 nitrogen and oxygen atoms in total. The summed E-state index contributed by atoms with van der Waals surface area (Å²) in [5, 5.41) is 11.3. The summed E-state index contributed by atoms with van der Waals surface area (Å²) in [5.41, 5.74) is 0.893. The van der Waals surface area contributed by atoms with Gasteiger partial charge >= 0.3 is 19.5 Å². The van der Waals surface area contributed by atoms with Gasteiger partial charge in [-0.25, -0.2) is 12.1 Å². The van der Waals surface area contributed by atoms with Crippen molar-refractivity contribution in [3.05, 3.63) is 247 Å². The average molecular weight is 931 g/mol. The molecule has 0 N–H and O–H groups in total. The van der Waals surface area contributed by atoms with E-state index in [1.54, 1.807) is 11.3 Å². The maximum Gasteiger partial charge on any atom is 2.00 e. The topological polar surface area (TPSA) is 0 Å². The number of hydrogen-bond donors (Lipinski definition) is 0. The Kier molecular flexibility index (Phi) is 21.0. The number of rotatable bonds is 9. The summed E-state index contributed by atoms with van der Waals surface area (Å²) in [6, 6.07) is 78.6. The van der Waals surface area contributed by atoms with Crippen LogP contribution < -0.4 is 31.8 Å². The largest absolute Gasteiger partial charge is 2.00 e. The van der Waals surface area contributed by atoms with Crippen LogP contribution in [0.1, 0.15) is 11.3 Å². The first-order valence-corrected chi connectivity index (χ1v) is 22.8. The minimum absolute atomic E-state index is 0. The quantitative estimate of drug-likeness (QED) is 0.0445. The first-order valence-electron chi connectivity index (χ1n) is 18.1. The van der Waals surface area contributed by atoms with Gasteiger partial charge in [0.1, 0.15) is 0 Å². The van der Waals surface area contributed by atoms with Crippen LogP contribution in [-0.4, -0.2) is 5.33 Å². The van der Waals surface area contributed by atoms with Crippen LogP contribution >= 0.6 is 43.1 Å². The van der Waals surface area contributed by atoms with E-state index in [0.29, 0.717) is 0 Å². The zero-order chi connectivity index (χ0) is 38.2. The van der Waals surface area contributed by atoms with Crippen LogP contribution in [0, 0.1) is 12.3 Å². The van der Waals surface area contributed by atoms with E-state index in [-0.39, 0.29) is 19.5 Å². The third kappa shape index (κ3) is 14.6. The van der Waals surface area contributed by atoms with Crippen LogP contribution in [0.3, 0.4) is 0 Å². The molecule has 1 heterocycles. The number of alkyl halides is 1. The monoisotopic (exact) mass is 930 g/mol. The van der Waals surface area contributed by atoms with E-state index in [1.165, 1.54) is 31.8 Å². The Labute approximate surface area is 362 Å². The maximum atomic E-state index is 7.09. The fourth-order valence-corrected chi connectivity index (χ4v) is 11.1. The van der Waals surface area contributed by atoms with Gasteiger partial charge < -0.3 is 6.42 Å². The fourth-order valence-electron chi connectivity index (χ4n) is 5.52. The van der Waals surface area contributed by atoms with Crippen molar-refractivity contribution in [2.75, 3.05) is 5.33 Å². The Morgan fingerprint density at radius 1 is 0.500 bits per heavy atom. The van der Waals surface area contributed by atoms with Crippen LogP contribution in [0.2, 0.25) is 0 Å². The summed E-state index contributed by atoms with van der Waals surface area (Å²) in [5.74, 6) is 2.44. The molecule has 0 spiro atoms. The van der Waals surface area contributed by atoms with Crippen molar-refractivity contribution in [3.63, 3.8) is 0 Å². The molecule has 0 fully saturated rings.